The van der Waals surface area contributed by atoms with Crippen molar-refractivity contribution in [3.63, 3.8) is 0 Å². The summed E-state index contributed by atoms with van der Waals surface area (Å²) in [5.41, 5.74) is 1.24. The fraction of sp³-hybridized carbons (Fsp3) is 0.500. The van der Waals surface area contributed by atoms with Crippen LogP contribution in [0.4, 0.5) is 0 Å². The number of quaternary nitrogens is 1. The maximum atomic E-state index is 11.5. The molecule has 0 saturated heterocycles. The van der Waals surface area contributed by atoms with Gasteiger partial charge in [-0.25, -0.2) is 13.1 Å². The van der Waals surface area contributed by atoms with E-state index in [1.165, 1.54) is 10.5 Å². The Morgan fingerprint density at radius 1 is 1.29 bits per heavy atom. The Balaban J connectivity index is 2.20. The highest BCUT2D eigenvalue weighted by Gasteiger charge is 2.10. The summed E-state index contributed by atoms with van der Waals surface area (Å²) < 4.78 is 25.3. The van der Waals surface area contributed by atoms with Gasteiger partial charge >= 0.3 is 0 Å². The Bertz CT molecular complexity index is 531. The lowest BCUT2D eigenvalue weighted by Gasteiger charge is -2.14. The number of sulfonamides is 1. The Morgan fingerprint density at radius 2 is 1.95 bits per heavy atom. The summed E-state index contributed by atoms with van der Waals surface area (Å²) in [6.45, 7) is 2.04. The molecule has 0 aliphatic carbocycles. The molecule has 21 heavy (non-hydrogen) atoms. The molecule has 0 aliphatic rings. The van der Waals surface area contributed by atoms with Crippen molar-refractivity contribution in [2.24, 2.45) is 0 Å². The maximum absolute atomic E-state index is 11.5. The van der Waals surface area contributed by atoms with Crippen molar-refractivity contribution in [2.75, 3.05) is 25.9 Å². The predicted molar refractivity (Wildman–Crippen MR) is 77.9 cm³/mol. The van der Waals surface area contributed by atoms with E-state index >= 15 is 0 Å². The van der Waals surface area contributed by atoms with E-state index in [-0.39, 0.29) is 0 Å². The topological polar surface area (TPSA) is 90.7 Å². The Labute approximate surface area is 125 Å². The van der Waals surface area contributed by atoms with Crippen molar-refractivity contribution < 1.29 is 23.2 Å². The normalized spacial score (nSPS) is 13.0. The first kappa shape index (κ1) is 17.6. The Kier molecular flexibility index (Phi) is 7.35. The minimum atomic E-state index is -3.51. The smallest absolute Gasteiger partial charge is 0.211 e. The van der Waals surface area contributed by atoms with E-state index < -0.39 is 28.2 Å². The van der Waals surface area contributed by atoms with Gasteiger partial charge in [-0.3, -0.25) is 0 Å². The molecule has 0 amide bonds. The second-order valence-electron chi connectivity index (χ2n) is 5.06. The molecule has 2 N–H and O–H groups in total. The van der Waals surface area contributed by atoms with Gasteiger partial charge in [0, 0.05) is 30.9 Å². The standard InChI is InChI=1S/C14H22N2O4S/c1-16(12-13-6-3-2-4-7-13)10-5-9-15-21(19,20)11-8-14(17)18/h2-4,6-7,15H,5,8-12H2,1H3,(H,17,18). The monoisotopic (exact) mass is 314 g/mol. The van der Waals surface area contributed by atoms with Gasteiger partial charge < -0.3 is 14.8 Å². The van der Waals surface area contributed by atoms with Gasteiger partial charge in [0.25, 0.3) is 0 Å². The van der Waals surface area contributed by atoms with Crippen molar-refractivity contribution in [1.82, 2.24) is 4.72 Å². The molecule has 1 rings (SSSR count). The van der Waals surface area contributed by atoms with Crippen LogP contribution in [0.2, 0.25) is 0 Å². The summed E-state index contributed by atoms with van der Waals surface area (Å²) in [6, 6.07) is 10.1. The van der Waals surface area contributed by atoms with Crippen molar-refractivity contribution in [3.05, 3.63) is 35.9 Å². The molecular weight excluding hydrogens is 292 g/mol. The molecule has 1 aromatic carbocycles. The zero-order valence-corrected chi connectivity index (χ0v) is 13.0. The zero-order valence-electron chi connectivity index (χ0n) is 12.2. The number of hydrogen-bond acceptors (Lipinski definition) is 4. The Morgan fingerprint density at radius 3 is 2.57 bits per heavy atom. The number of hydrogen-bond donors (Lipinski definition) is 2. The molecule has 1 atom stereocenters. The minimum Gasteiger partial charge on any atom is -0.550 e. The van der Waals surface area contributed by atoms with Crippen LogP contribution < -0.4 is 14.7 Å². The molecular formula is C14H22N2O4S. The molecule has 118 valence electrons. The van der Waals surface area contributed by atoms with Crippen LogP contribution in [0.15, 0.2) is 30.3 Å². The molecule has 7 heteroatoms. The molecule has 1 unspecified atom stereocenters. The van der Waals surface area contributed by atoms with E-state index in [2.05, 4.69) is 23.9 Å². The van der Waals surface area contributed by atoms with Gasteiger partial charge in [0.1, 0.15) is 6.54 Å². The first-order chi connectivity index (χ1) is 9.89. The van der Waals surface area contributed by atoms with Crippen molar-refractivity contribution in [2.45, 2.75) is 19.4 Å². The predicted octanol–water partition coefficient (Wildman–Crippen LogP) is -1.85. The Hall–Kier alpha value is -1.44. The van der Waals surface area contributed by atoms with Gasteiger partial charge in [-0.15, -0.1) is 0 Å². The number of benzene rings is 1. The summed E-state index contributed by atoms with van der Waals surface area (Å²) in [6.07, 6.45) is 0.220. The fourth-order valence-electron chi connectivity index (χ4n) is 1.94. The highest BCUT2D eigenvalue weighted by molar-refractivity contribution is 7.89. The first-order valence-corrected chi connectivity index (χ1v) is 8.57. The SMILES string of the molecule is C[NH+](CCCNS(=O)(=O)CCC(=O)[O-])Cc1ccccc1. The highest BCUT2D eigenvalue weighted by atomic mass is 32.2. The molecule has 0 spiro atoms. The highest BCUT2D eigenvalue weighted by Crippen LogP contribution is 1.95. The van der Waals surface area contributed by atoms with Gasteiger partial charge in [0.2, 0.25) is 10.0 Å². The summed E-state index contributed by atoms with van der Waals surface area (Å²) in [4.78, 5) is 11.5. The van der Waals surface area contributed by atoms with Crippen molar-refractivity contribution in [1.29, 1.82) is 0 Å². The number of carboxylic acid groups (broad SMARTS) is 1. The van der Waals surface area contributed by atoms with E-state index in [0.29, 0.717) is 13.0 Å². The number of nitrogens with one attached hydrogen (secondary N) is 2. The molecule has 0 radical (unpaired) electrons. The molecule has 0 bridgehead atoms. The third-order valence-electron chi connectivity index (χ3n) is 3.03. The van der Waals surface area contributed by atoms with E-state index in [1.54, 1.807) is 0 Å². The molecule has 6 nitrogen and oxygen atoms in total. The average Bonchev–Trinajstić information content (AvgIpc) is 2.43. The molecule has 0 aromatic heterocycles. The lowest BCUT2D eigenvalue weighted by atomic mass is 10.2. The lowest BCUT2D eigenvalue weighted by molar-refractivity contribution is -0.893. The summed E-state index contributed by atoms with van der Waals surface area (Å²) in [7, 11) is -1.46. The van der Waals surface area contributed by atoms with Crippen LogP contribution in [0.25, 0.3) is 0 Å². The van der Waals surface area contributed by atoms with E-state index in [4.69, 9.17) is 0 Å². The molecule has 0 aliphatic heterocycles. The minimum absolute atomic E-state index is 0.321. The summed E-state index contributed by atoms with van der Waals surface area (Å²) in [5, 5.41) is 10.2. The third kappa shape index (κ3) is 8.44. The van der Waals surface area contributed by atoms with Crippen LogP contribution in [0.5, 0.6) is 0 Å². The van der Waals surface area contributed by atoms with E-state index in [0.717, 1.165) is 13.1 Å². The zero-order chi connectivity index (χ0) is 15.7. The van der Waals surface area contributed by atoms with Gasteiger partial charge in [-0.05, 0) is 0 Å². The molecule has 0 heterocycles. The van der Waals surface area contributed by atoms with Gasteiger partial charge in [0.05, 0.1) is 19.3 Å². The maximum Gasteiger partial charge on any atom is 0.211 e. The van der Waals surface area contributed by atoms with Crippen molar-refractivity contribution >= 4 is 16.0 Å². The van der Waals surface area contributed by atoms with Crippen LogP contribution in [0.3, 0.4) is 0 Å². The van der Waals surface area contributed by atoms with Crippen molar-refractivity contribution in [3.8, 4) is 0 Å². The second kappa shape index (κ2) is 8.76. The van der Waals surface area contributed by atoms with Gasteiger partial charge in [0.15, 0.2) is 0 Å². The molecule has 0 fully saturated rings. The van der Waals surface area contributed by atoms with E-state index in [9.17, 15) is 18.3 Å². The van der Waals surface area contributed by atoms with Crippen LogP contribution in [-0.4, -0.2) is 40.3 Å². The number of carboxylic acids is 1. The third-order valence-corrected chi connectivity index (χ3v) is 4.41. The number of carbonyl (C=O) groups excluding carboxylic acids is 1. The number of carbonyl (C=O) groups is 1. The van der Waals surface area contributed by atoms with Crippen LogP contribution >= 0.6 is 0 Å². The van der Waals surface area contributed by atoms with Crippen LogP contribution in [-0.2, 0) is 21.4 Å². The quantitative estimate of drug-likeness (QED) is 0.496. The number of rotatable bonds is 10. The largest absolute Gasteiger partial charge is 0.550 e. The number of aliphatic carboxylic acids is 1. The summed E-state index contributed by atoms with van der Waals surface area (Å²) >= 11 is 0. The first-order valence-electron chi connectivity index (χ1n) is 6.91. The second-order valence-corrected chi connectivity index (χ2v) is 6.98. The van der Waals surface area contributed by atoms with Gasteiger partial charge in [-0.2, -0.15) is 0 Å². The fourth-order valence-corrected chi connectivity index (χ4v) is 2.98. The van der Waals surface area contributed by atoms with Crippen LogP contribution in [0, 0.1) is 0 Å². The van der Waals surface area contributed by atoms with Crippen LogP contribution in [0.1, 0.15) is 18.4 Å². The van der Waals surface area contributed by atoms with E-state index in [1.807, 2.05) is 18.2 Å². The van der Waals surface area contributed by atoms with Gasteiger partial charge in [-0.1, -0.05) is 30.3 Å². The lowest BCUT2D eigenvalue weighted by Crippen LogP contribution is -3.07. The molecule has 1 aromatic rings. The molecule has 0 saturated carbocycles. The summed E-state index contributed by atoms with van der Waals surface area (Å²) in [5.74, 6) is -1.78. The average molecular weight is 314 g/mol.